The normalized spacial score (nSPS) is 14.7. The molecule has 0 aliphatic carbocycles. The second-order valence-corrected chi connectivity index (χ2v) is 3.86. The lowest BCUT2D eigenvalue weighted by molar-refractivity contribution is 0.858. The minimum Gasteiger partial charge on any atom is -0.261 e. The minimum atomic E-state index is 0.574. The number of para-hydroxylation sites is 1. The van der Waals surface area contributed by atoms with E-state index in [1.165, 1.54) is 16.8 Å². The molecule has 0 fully saturated rings. The molecule has 1 nitrogen and oxygen atoms in total. The molecule has 1 aromatic rings. The van der Waals surface area contributed by atoms with Gasteiger partial charge in [0.15, 0.2) is 0 Å². The number of aryl methyl sites for hydroxylation is 1. The van der Waals surface area contributed by atoms with E-state index in [-0.39, 0.29) is 0 Å². The maximum absolute atomic E-state index is 4.49. The molecule has 0 unspecified atom stereocenters. The van der Waals surface area contributed by atoms with Gasteiger partial charge in [-0.15, -0.1) is 0 Å². The summed E-state index contributed by atoms with van der Waals surface area (Å²) in [7, 11) is 0. The molecule has 0 saturated carbocycles. The molecule has 68 valence electrons. The molecule has 0 atom stereocenters. The van der Waals surface area contributed by atoms with Crippen molar-refractivity contribution in [1.29, 1.82) is 0 Å². The van der Waals surface area contributed by atoms with Gasteiger partial charge in [-0.1, -0.05) is 32.0 Å². The van der Waals surface area contributed by atoms with Gasteiger partial charge < -0.3 is 0 Å². The van der Waals surface area contributed by atoms with Crippen molar-refractivity contribution in [1.82, 2.24) is 0 Å². The van der Waals surface area contributed by atoms with E-state index in [4.69, 9.17) is 0 Å². The molecule has 0 N–H and O–H groups in total. The molecule has 0 saturated heterocycles. The number of aliphatic imine (C=N–C) groups is 1. The van der Waals surface area contributed by atoms with E-state index in [0.29, 0.717) is 5.92 Å². The Morgan fingerprint density at radius 2 is 2.15 bits per heavy atom. The number of rotatable bonds is 1. The highest BCUT2D eigenvalue weighted by Gasteiger charge is 2.11. The van der Waals surface area contributed by atoms with E-state index in [1.54, 1.807) is 0 Å². The zero-order valence-electron chi connectivity index (χ0n) is 8.25. The largest absolute Gasteiger partial charge is 0.261 e. The van der Waals surface area contributed by atoms with Crippen LogP contribution in [0.2, 0.25) is 0 Å². The summed E-state index contributed by atoms with van der Waals surface area (Å²) in [5.74, 6) is 0.574. The van der Waals surface area contributed by atoms with Crippen LogP contribution in [0.1, 0.15) is 37.3 Å². The van der Waals surface area contributed by atoms with Crippen LogP contribution in [0.5, 0.6) is 0 Å². The number of nitrogens with zero attached hydrogens (tertiary/aromatic N) is 1. The van der Waals surface area contributed by atoms with Gasteiger partial charge in [0, 0.05) is 6.21 Å². The molecule has 13 heavy (non-hydrogen) atoms. The monoisotopic (exact) mass is 173 g/mol. The second kappa shape index (κ2) is 3.33. The van der Waals surface area contributed by atoms with Crippen molar-refractivity contribution >= 4 is 11.9 Å². The third kappa shape index (κ3) is 1.51. The zero-order chi connectivity index (χ0) is 9.26. The molecule has 0 amide bonds. The van der Waals surface area contributed by atoms with Crippen LogP contribution in [0.15, 0.2) is 23.2 Å². The average molecular weight is 173 g/mol. The third-order valence-electron chi connectivity index (χ3n) is 2.54. The van der Waals surface area contributed by atoms with Crippen LogP contribution in [0.4, 0.5) is 5.69 Å². The topological polar surface area (TPSA) is 12.4 Å². The van der Waals surface area contributed by atoms with Gasteiger partial charge in [0.05, 0.1) is 5.69 Å². The summed E-state index contributed by atoms with van der Waals surface area (Å²) in [6, 6.07) is 6.53. The Kier molecular flexibility index (Phi) is 2.17. The Morgan fingerprint density at radius 1 is 1.31 bits per heavy atom. The fraction of sp³-hybridized carbons (Fsp3) is 0.417. The number of benzene rings is 1. The number of hydrogen-bond acceptors (Lipinski definition) is 1. The van der Waals surface area contributed by atoms with Crippen LogP contribution in [0.25, 0.3) is 0 Å². The predicted molar refractivity (Wildman–Crippen MR) is 57.0 cm³/mol. The van der Waals surface area contributed by atoms with Gasteiger partial charge in [0.25, 0.3) is 0 Å². The smallest absolute Gasteiger partial charge is 0.0692 e. The maximum Gasteiger partial charge on any atom is 0.0692 e. The highest BCUT2D eigenvalue weighted by atomic mass is 14.7. The van der Waals surface area contributed by atoms with Gasteiger partial charge in [0.1, 0.15) is 0 Å². The van der Waals surface area contributed by atoms with E-state index in [9.17, 15) is 0 Å². The van der Waals surface area contributed by atoms with Crippen molar-refractivity contribution in [2.75, 3.05) is 0 Å². The summed E-state index contributed by atoms with van der Waals surface area (Å²) in [6.45, 7) is 4.44. The fourth-order valence-electron chi connectivity index (χ4n) is 1.81. The molecule has 1 heterocycles. The summed E-state index contributed by atoms with van der Waals surface area (Å²) in [4.78, 5) is 4.49. The first-order chi connectivity index (χ1) is 6.29. The fourth-order valence-corrected chi connectivity index (χ4v) is 1.81. The molecular weight excluding hydrogens is 158 g/mol. The molecule has 0 aromatic heterocycles. The molecule has 1 aliphatic rings. The Labute approximate surface area is 79.5 Å². The van der Waals surface area contributed by atoms with Gasteiger partial charge in [-0.05, 0) is 29.9 Å². The Morgan fingerprint density at radius 3 is 2.92 bits per heavy atom. The summed E-state index contributed by atoms with van der Waals surface area (Å²) in [5, 5.41) is 0. The SMILES string of the molecule is CC(C)c1cccc2c1N=CCC2. The highest BCUT2D eigenvalue weighted by molar-refractivity contribution is 5.71. The van der Waals surface area contributed by atoms with E-state index in [2.05, 4.69) is 37.0 Å². The summed E-state index contributed by atoms with van der Waals surface area (Å²) < 4.78 is 0. The zero-order valence-corrected chi connectivity index (χ0v) is 8.25. The molecule has 1 aliphatic heterocycles. The molecule has 1 heteroatoms. The molecular formula is C12H15N. The average Bonchev–Trinajstić information content (AvgIpc) is 2.17. The lowest BCUT2D eigenvalue weighted by Crippen LogP contribution is -1.98. The van der Waals surface area contributed by atoms with Crippen molar-refractivity contribution in [3.8, 4) is 0 Å². The Hall–Kier alpha value is -1.11. The summed E-state index contributed by atoms with van der Waals surface area (Å²) in [5.41, 5.74) is 4.02. The maximum atomic E-state index is 4.49. The molecule has 1 aromatic carbocycles. The van der Waals surface area contributed by atoms with Crippen LogP contribution in [0.3, 0.4) is 0 Å². The quantitative estimate of drug-likeness (QED) is 0.616. The standard InChI is InChI=1S/C12H15N/c1-9(2)11-7-3-5-10-6-4-8-13-12(10)11/h3,5,7-9H,4,6H2,1-2H3. The summed E-state index contributed by atoms with van der Waals surface area (Å²) >= 11 is 0. The van der Waals surface area contributed by atoms with Gasteiger partial charge in [-0.3, -0.25) is 4.99 Å². The van der Waals surface area contributed by atoms with Gasteiger partial charge in [-0.2, -0.15) is 0 Å². The molecule has 0 radical (unpaired) electrons. The summed E-state index contributed by atoms with van der Waals surface area (Å²) in [6.07, 6.45) is 4.28. The van der Waals surface area contributed by atoms with Crippen molar-refractivity contribution in [3.05, 3.63) is 29.3 Å². The lowest BCUT2D eigenvalue weighted by Gasteiger charge is -2.15. The van der Waals surface area contributed by atoms with Crippen LogP contribution in [-0.2, 0) is 6.42 Å². The van der Waals surface area contributed by atoms with Crippen molar-refractivity contribution < 1.29 is 0 Å². The van der Waals surface area contributed by atoms with Crippen molar-refractivity contribution in [2.45, 2.75) is 32.6 Å². The van der Waals surface area contributed by atoms with Crippen LogP contribution < -0.4 is 0 Å². The van der Waals surface area contributed by atoms with Crippen LogP contribution >= 0.6 is 0 Å². The van der Waals surface area contributed by atoms with Gasteiger partial charge in [-0.25, -0.2) is 0 Å². The van der Waals surface area contributed by atoms with E-state index in [1.807, 2.05) is 6.21 Å². The minimum absolute atomic E-state index is 0.574. The highest BCUT2D eigenvalue weighted by Crippen LogP contribution is 2.32. The van der Waals surface area contributed by atoms with E-state index < -0.39 is 0 Å². The van der Waals surface area contributed by atoms with Crippen molar-refractivity contribution in [3.63, 3.8) is 0 Å². The molecule has 0 bridgehead atoms. The van der Waals surface area contributed by atoms with Gasteiger partial charge in [0.2, 0.25) is 0 Å². The first-order valence-corrected chi connectivity index (χ1v) is 4.93. The van der Waals surface area contributed by atoms with Crippen LogP contribution in [0, 0.1) is 0 Å². The van der Waals surface area contributed by atoms with E-state index >= 15 is 0 Å². The number of hydrogen-bond donors (Lipinski definition) is 0. The second-order valence-electron chi connectivity index (χ2n) is 3.86. The first kappa shape index (κ1) is 8.49. The Bertz CT molecular complexity index is 337. The van der Waals surface area contributed by atoms with Crippen LogP contribution in [-0.4, -0.2) is 6.21 Å². The lowest BCUT2D eigenvalue weighted by atomic mass is 9.95. The van der Waals surface area contributed by atoms with Crippen molar-refractivity contribution in [2.24, 2.45) is 4.99 Å². The molecule has 0 spiro atoms. The van der Waals surface area contributed by atoms with E-state index in [0.717, 1.165) is 12.8 Å². The number of fused-ring (bicyclic) bond motifs is 1. The Balaban J connectivity index is 2.54. The van der Waals surface area contributed by atoms with Gasteiger partial charge >= 0.3 is 0 Å². The first-order valence-electron chi connectivity index (χ1n) is 4.93. The molecule has 2 rings (SSSR count). The predicted octanol–water partition coefficient (Wildman–Crippen LogP) is 3.46. The third-order valence-corrected chi connectivity index (χ3v) is 2.54.